The Morgan fingerprint density at radius 3 is 2.60 bits per heavy atom. The molecule has 0 bridgehead atoms. The van der Waals surface area contributed by atoms with Gasteiger partial charge in [0.25, 0.3) is 11.6 Å². The number of amides is 2. The lowest BCUT2D eigenvalue weighted by Crippen LogP contribution is -2.51. The number of ketones is 1. The first-order chi connectivity index (χ1) is 20.6. The van der Waals surface area contributed by atoms with Crippen molar-refractivity contribution in [3.63, 3.8) is 0 Å². The molecule has 2 fully saturated rings. The van der Waals surface area contributed by atoms with Gasteiger partial charge in [0.15, 0.2) is 5.54 Å². The number of hydrogen-bond acceptors (Lipinski definition) is 7. The molecule has 1 saturated heterocycles. The molecule has 2 amide bonds. The molecule has 220 valence electrons. The minimum atomic E-state index is -1.84. The maximum Gasteiger partial charge on any atom is 0.338 e. The molecule has 3 aromatic carbocycles. The van der Waals surface area contributed by atoms with Crippen molar-refractivity contribution in [2.24, 2.45) is 5.92 Å². The molecule has 10 nitrogen and oxygen atoms in total. The summed E-state index contributed by atoms with van der Waals surface area (Å²) in [5, 5.41) is 14.9. The first-order valence-electron chi connectivity index (χ1n) is 13.3. The van der Waals surface area contributed by atoms with Crippen molar-refractivity contribution < 1.29 is 33.2 Å². The van der Waals surface area contributed by atoms with Crippen LogP contribution in [0.3, 0.4) is 0 Å². The summed E-state index contributed by atoms with van der Waals surface area (Å²) in [6, 6.07) is 11.7. The zero-order valence-corrected chi connectivity index (χ0v) is 23.9. The van der Waals surface area contributed by atoms with Crippen LogP contribution in [-0.2, 0) is 24.7 Å². The molecule has 1 spiro atoms. The standard InChI is InChI=1S/C30H22Cl2FN3O7/c1-43-28(39)14-5-7-16(23(11-14)36(41)42)17-8-10-22-24(27(17)38)25(18-3-2-4-20(32)26(18)33)30(35(22)13-37)19-9-6-15(31)12-21(19)34-29(30)40/h2-7,9,11-13,17,22,24-25H,8,10H2,1H3,(H,34,40)/t17?,22-,24+,25-,30+/m0/s1. The van der Waals surface area contributed by atoms with Gasteiger partial charge in [0.2, 0.25) is 6.41 Å². The van der Waals surface area contributed by atoms with Crippen LogP contribution >= 0.6 is 23.2 Å². The van der Waals surface area contributed by atoms with E-state index in [9.17, 15) is 29.3 Å². The summed E-state index contributed by atoms with van der Waals surface area (Å²) in [5.41, 5.74) is -1.69. The molecule has 0 aromatic heterocycles. The highest BCUT2D eigenvalue weighted by Gasteiger charge is 2.69. The van der Waals surface area contributed by atoms with Gasteiger partial charge < -0.3 is 15.0 Å². The third kappa shape index (κ3) is 4.05. The van der Waals surface area contributed by atoms with Crippen LogP contribution in [0.1, 0.15) is 51.7 Å². The first kappa shape index (κ1) is 28.8. The number of rotatable bonds is 5. The lowest BCUT2D eigenvalue weighted by molar-refractivity contribution is -0.385. The van der Waals surface area contributed by atoms with Gasteiger partial charge in [0, 0.05) is 51.7 Å². The van der Waals surface area contributed by atoms with Crippen molar-refractivity contribution in [1.82, 2.24) is 4.90 Å². The molecular weight excluding hydrogens is 604 g/mol. The first-order valence-corrected chi connectivity index (χ1v) is 14.0. The number of hydrogen-bond donors (Lipinski definition) is 1. The molecule has 6 rings (SSSR count). The van der Waals surface area contributed by atoms with E-state index in [4.69, 9.17) is 23.2 Å². The van der Waals surface area contributed by atoms with Crippen LogP contribution in [0.4, 0.5) is 15.8 Å². The number of fused-ring (bicyclic) bond motifs is 3. The summed E-state index contributed by atoms with van der Waals surface area (Å²) in [4.78, 5) is 66.2. The summed E-state index contributed by atoms with van der Waals surface area (Å²) in [7, 11) is 1.14. The van der Waals surface area contributed by atoms with E-state index in [0.29, 0.717) is 22.7 Å². The number of ether oxygens (including phenoxy) is 1. The van der Waals surface area contributed by atoms with Crippen LogP contribution in [0.2, 0.25) is 10.0 Å². The number of carbonyl (C=O) groups excluding carboxylic acids is 4. The van der Waals surface area contributed by atoms with Gasteiger partial charge in [-0.3, -0.25) is 24.5 Å². The number of halogens is 3. The highest BCUT2D eigenvalue weighted by Crippen LogP contribution is 2.62. The van der Waals surface area contributed by atoms with Gasteiger partial charge in [-0.1, -0.05) is 47.5 Å². The van der Waals surface area contributed by atoms with E-state index in [0.717, 1.165) is 13.2 Å². The predicted molar refractivity (Wildman–Crippen MR) is 153 cm³/mol. The van der Waals surface area contributed by atoms with E-state index in [1.54, 1.807) is 6.07 Å². The Balaban J connectivity index is 1.57. The maximum absolute atomic E-state index is 15.9. The van der Waals surface area contributed by atoms with Crippen LogP contribution in [0, 0.1) is 21.8 Å². The minimum Gasteiger partial charge on any atom is -0.465 e. The molecule has 5 atom stereocenters. The number of nitro benzene ring substituents is 1. The third-order valence-corrected chi connectivity index (χ3v) is 9.38. The topological polar surface area (TPSA) is 136 Å². The molecule has 3 aliphatic rings. The van der Waals surface area contributed by atoms with Crippen LogP contribution < -0.4 is 5.32 Å². The number of nitrogens with zero attached hydrogens (tertiary/aromatic N) is 2. The van der Waals surface area contributed by atoms with Gasteiger partial charge in [-0.2, -0.15) is 0 Å². The number of Topliss-reactive ketones (excluding diaryl/α,β-unsaturated/α-hetero) is 1. The lowest BCUT2D eigenvalue weighted by atomic mass is 9.65. The molecule has 13 heteroatoms. The second-order valence-electron chi connectivity index (χ2n) is 10.7. The number of likely N-dealkylation sites (tertiary alicyclic amines) is 1. The SMILES string of the molecule is COC(=O)c1ccc(C2CC[C@H]3[C@@H](C2=O)[C@H](c2cccc(Cl)c2F)[C@]2(C(=O)Nc4cc(Cl)ccc42)N3C=O)c([N+](=O)[O-])c1. The Kier molecular flexibility index (Phi) is 6.97. The Bertz CT molecular complexity index is 1750. The average Bonchev–Trinajstić information content (AvgIpc) is 3.44. The Hall–Kier alpha value is -4.35. The van der Waals surface area contributed by atoms with Crippen LogP contribution in [0.15, 0.2) is 54.6 Å². The summed E-state index contributed by atoms with van der Waals surface area (Å²) in [6.07, 6.45) is 0.760. The van der Waals surface area contributed by atoms with Crippen molar-refractivity contribution in [2.45, 2.75) is 36.3 Å². The highest BCUT2D eigenvalue weighted by atomic mass is 35.5. The normalized spacial score (nSPS) is 25.7. The lowest BCUT2D eigenvalue weighted by Gasteiger charge is -2.37. The minimum absolute atomic E-state index is 0.0469. The monoisotopic (exact) mass is 625 g/mol. The van der Waals surface area contributed by atoms with Crippen molar-refractivity contribution in [3.05, 3.63) is 103 Å². The fraction of sp³-hybridized carbons (Fsp3) is 0.267. The Labute approximate surface area is 253 Å². The summed E-state index contributed by atoms with van der Waals surface area (Å²) in [5.74, 6) is -6.22. The van der Waals surface area contributed by atoms with E-state index < -0.39 is 63.4 Å². The summed E-state index contributed by atoms with van der Waals surface area (Å²) >= 11 is 12.4. The van der Waals surface area contributed by atoms with E-state index >= 15 is 4.39 Å². The second-order valence-corrected chi connectivity index (χ2v) is 11.5. The van der Waals surface area contributed by atoms with Crippen molar-refractivity contribution in [1.29, 1.82) is 0 Å². The van der Waals surface area contributed by atoms with E-state index in [2.05, 4.69) is 10.1 Å². The zero-order valence-electron chi connectivity index (χ0n) is 22.4. The number of anilines is 1. The zero-order chi connectivity index (χ0) is 30.8. The quantitative estimate of drug-likeness (QED) is 0.174. The molecular formula is C30H22Cl2FN3O7. The van der Waals surface area contributed by atoms with Crippen molar-refractivity contribution >= 4 is 58.6 Å². The van der Waals surface area contributed by atoms with Gasteiger partial charge in [0.1, 0.15) is 11.6 Å². The molecule has 1 aliphatic carbocycles. The highest BCUT2D eigenvalue weighted by molar-refractivity contribution is 6.31. The van der Waals surface area contributed by atoms with Gasteiger partial charge in [-0.25, -0.2) is 9.18 Å². The number of nitro groups is 1. The Morgan fingerprint density at radius 1 is 1.14 bits per heavy atom. The van der Waals surface area contributed by atoms with Gasteiger partial charge in [0.05, 0.1) is 22.6 Å². The Morgan fingerprint density at radius 2 is 1.91 bits per heavy atom. The fourth-order valence-electron chi connectivity index (χ4n) is 7.21. The molecule has 1 saturated carbocycles. The maximum atomic E-state index is 15.9. The van der Waals surface area contributed by atoms with Gasteiger partial charge in [-0.15, -0.1) is 0 Å². The summed E-state index contributed by atoms with van der Waals surface area (Å²) < 4.78 is 20.6. The van der Waals surface area contributed by atoms with Gasteiger partial charge in [-0.05, 0) is 42.7 Å². The van der Waals surface area contributed by atoms with E-state index in [1.165, 1.54) is 47.4 Å². The molecule has 0 radical (unpaired) electrons. The molecule has 43 heavy (non-hydrogen) atoms. The molecule has 2 heterocycles. The molecule has 1 N–H and O–H groups in total. The second kappa shape index (κ2) is 10.4. The van der Waals surface area contributed by atoms with Crippen molar-refractivity contribution in [2.75, 3.05) is 12.4 Å². The van der Waals surface area contributed by atoms with E-state index in [1.807, 2.05) is 0 Å². The predicted octanol–water partition coefficient (Wildman–Crippen LogP) is 5.36. The van der Waals surface area contributed by atoms with Crippen LogP contribution in [0.25, 0.3) is 0 Å². The number of methoxy groups -OCH3 is 1. The van der Waals surface area contributed by atoms with Crippen molar-refractivity contribution in [3.8, 4) is 0 Å². The molecule has 1 unspecified atom stereocenters. The summed E-state index contributed by atoms with van der Waals surface area (Å²) in [6.45, 7) is 0. The third-order valence-electron chi connectivity index (χ3n) is 8.85. The van der Waals surface area contributed by atoms with Crippen LogP contribution in [-0.4, -0.2) is 47.0 Å². The number of carbonyl (C=O) groups is 4. The largest absolute Gasteiger partial charge is 0.465 e. The average molecular weight is 626 g/mol. The number of esters is 1. The van der Waals surface area contributed by atoms with E-state index in [-0.39, 0.29) is 34.6 Å². The number of nitrogens with one attached hydrogen (secondary N) is 1. The molecule has 2 aliphatic heterocycles. The van der Waals surface area contributed by atoms with Crippen LogP contribution in [0.5, 0.6) is 0 Å². The number of benzene rings is 3. The fourth-order valence-corrected chi connectivity index (χ4v) is 7.56. The smallest absolute Gasteiger partial charge is 0.338 e. The molecule has 3 aromatic rings. The van der Waals surface area contributed by atoms with Gasteiger partial charge >= 0.3 is 5.97 Å².